The van der Waals surface area contributed by atoms with Gasteiger partial charge in [-0.1, -0.05) is 36.4 Å². The first-order chi connectivity index (χ1) is 15.5. The number of benzene rings is 3. The van der Waals surface area contributed by atoms with E-state index in [0.717, 1.165) is 41.1 Å². The van der Waals surface area contributed by atoms with Crippen molar-refractivity contribution in [1.29, 1.82) is 0 Å². The van der Waals surface area contributed by atoms with Gasteiger partial charge < -0.3 is 14.4 Å². The molecule has 32 heavy (non-hydrogen) atoms. The lowest BCUT2D eigenvalue weighted by molar-refractivity contribution is -0.134. The average molecular weight is 432 g/mol. The SMILES string of the molecule is COC(=O)/C=C/c1ccc(C2(C)c3ccc(OC)cc3CCN2c2cccc(F)c2)cc1. The maximum atomic E-state index is 14.1. The second-order valence-corrected chi connectivity index (χ2v) is 7.96. The quantitative estimate of drug-likeness (QED) is 0.403. The third-order valence-corrected chi connectivity index (χ3v) is 6.19. The molecule has 4 nitrogen and oxygen atoms in total. The minimum absolute atomic E-state index is 0.256. The molecule has 0 fully saturated rings. The van der Waals surface area contributed by atoms with Crippen molar-refractivity contribution in [3.63, 3.8) is 0 Å². The molecule has 0 saturated carbocycles. The largest absolute Gasteiger partial charge is 0.497 e. The molecule has 3 aromatic carbocycles. The lowest BCUT2D eigenvalue weighted by Gasteiger charge is -2.48. The normalized spacial score (nSPS) is 17.8. The molecule has 164 valence electrons. The van der Waals surface area contributed by atoms with Crippen LogP contribution in [0.1, 0.15) is 29.2 Å². The van der Waals surface area contributed by atoms with Gasteiger partial charge >= 0.3 is 5.97 Å². The molecular formula is C27H26FNO3. The topological polar surface area (TPSA) is 38.8 Å². The van der Waals surface area contributed by atoms with E-state index in [2.05, 4.69) is 40.8 Å². The molecule has 0 saturated heterocycles. The van der Waals surface area contributed by atoms with Gasteiger partial charge in [0.05, 0.1) is 19.8 Å². The summed E-state index contributed by atoms with van der Waals surface area (Å²) in [5.74, 6) is 0.177. The van der Waals surface area contributed by atoms with Gasteiger partial charge in [0.15, 0.2) is 0 Å². The molecule has 3 aromatic rings. The van der Waals surface area contributed by atoms with Gasteiger partial charge in [0.25, 0.3) is 0 Å². The maximum absolute atomic E-state index is 14.1. The van der Waals surface area contributed by atoms with Gasteiger partial charge in [-0.05, 0) is 72.0 Å². The highest BCUT2D eigenvalue weighted by molar-refractivity contribution is 5.86. The number of ether oxygens (including phenoxy) is 2. The Balaban J connectivity index is 1.82. The van der Waals surface area contributed by atoms with Crippen molar-refractivity contribution in [1.82, 2.24) is 0 Å². The summed E-state index contributed by atoms with van der Waals surface area (Å²) in [6, 6.07) is 21.0. The summed E-state index contributed by atoms with van der Waals surface area (Å²) in [6.07, 6.45) is 3.96. The van der Waals surface area contributed by atoms with Crippen molar-refractivity contribution >= 4 is 17.7 Å². The molecular weight excluding hydrogens is 405 g/mol. The van der Waals surface area contributed by atoms with Crippen LogP contribution in [0.25, 0.3) is 6.08 Å². The first-order valence-corrected chi connectivity index (χ1v) is 10.5. The molecule has 0 radical (unpaired) electrons. The Morgan fingerprint density at radius 3 is 2.53 bits per heavy atom. The van der Waals surface area contributed by atoms with Crippen molar-refractivity contribution in [2.45, 2.75) is 18.9 Å². The zero-order valence-corrected chi connectivity index (χ0v) is 18.5. The van der Waals surface area contributed by atoms with E-state index in [-0.39, 0.29) is 5.82 Å². The van der Waals surface area contributed by atoms with Gasteiger partial charge in [-0.15, -0.1) is 0 Å². The second-order valence-electron chi connectivity index (χ2n) is 7.96. The minimum atomic E-state index is -0.516. The predicted octanol–water partition coefficient (Wildman–Crippen LogP) is 5.35. The number of methoxy groups -OCH3 is 2. The Morgan fingerprint density at radius 1 is 1.06 bits per heavy atom. The molecule has 1 atom stereocenters. The van der Waals surface area contributed by atoms with Crippen LogP contribution >= 0.6 is 0 Å². The Morgan fingerprint density at radius 2 is 1.84 bits per heavy atom. The van der Waals surface area contributed by atoms with E-state index in [1.807, 2.05) is 24.3 Å². The molecule has 0 N–H and O–H groups in total. The van der Waals surface area contributed by atoms with Crippen molar-refractivity contribution in [2.24, 2.45) is 0 Å². The van der Waals surface area contributed by atoms with Gasteiger partial charge in [-0.2, -0.15) is 0 Å². The lowest BCUT2D eigenvalue weighted by atomic mass is 9.76. The number of nitrogens with zero attached hydrogens (tertiary/aromatic N) is 1. The zero-order valence-electron chi connectivity index (χ0n) is 18.5. The number of halogens is 1. The van der Waals surface area contributed by atoms with Crippen molar-refractivity contribution in [3.05, 3.63) is 101 Å². The lowest BCUT2D eigenvalue weighted by Crippen LogP contribution is -2.49. The van der Waals surface area contributed by atoms with E-state index in [9.17, 15) is 9.18 Å². The van der Waals surface area contributed by atoms with Gasteiger partial charge in [0, 0.05) is 18.3 Å². The van der Waals surface area contributed by atoms with Crippen LogP contribution in [-0.4, -0.2) is 26.7 Å². The molecule has 0 amide bonds. The molecule has 0 aliphatic carbocycles. The fraction of sp³-hybridized carbons (Fsp3) is 0.222. The van der Waals surface area contributed by atoms with Crippen molar-refractivity contribution in [2.75, 3.05) is 25.7 Å². The van der Waals surface area contributed by atoms with Crippen LogP contribution in [0.3, 0.4) is 0 Å². The number of carbonyl (C=O) groups excluding carboxylic acids is 1. The number of esters is 1. The summed E-state index contributed by atoms with van der Waals surface area (Å²) in [4.78, 5) is 13.7. The van der Waals surface area contributed by atoms with Crippen molar-refractivity contribution in [3.8, 4) is 5.75 Å². The van der Waals surface area contributed by atoms with Crippen LogP contribution in [0.2, 0.25) is 0 Å². The summed E-state index contributed by atoms with van der Waals surface area (Å²) in [7, 11) is 3.02. The van der Waals surface area contributed by atoms with Crippen LogP contribution in [0.15, 0.2) is 72.8 Å². The van der Waals surface area contributed by atoms with E-state index < -0.39 is 11.5 Å². The molecule has 0 aromatic heterocycles. The van der Waals surface area contributed by atoms with Crippen LogP contribution in [0.5, 0.6) is 5.75 Å². The number of rotatable bonds is 5. The van der Waals surface area contributed by atoms with Crippen molar-refractivity contribution < 1.29 is 18.7 Å². The molecule has 1 aliphatic rings. The maximum Gasteiger partial charge on any atom is 0.330 e. The fourth-order valence-electron chi connectivity index (χ4n) is 4.47. The third-order valence-electron chi connectivity index (χ3n) is 6.19. The minimum Gasteiger partial charge on any atom is -0.497 e. The summed E-state index contributed by atoms with van der Waals surface area (Å²) >= 11 is 0. The Bertz CT molecular complexity index is 1160. The Labute approximate surface area is 187 Å². The average Bonchev–Trinajstić information content (AvgIpc) is 2.82. The van der Waals surface area contributed by atoms with Gasteiger partial charge in [0.2, 0.25) is 0 Å². The first kappa shape index (κ1) is 21.6. The third kappa shape index (κ3) is 3.98. The molecule has 1 aliphatic heterocycles. The number of carbonyl (C=O) groups is 1. The van der Waals surface area contributed by atoms with E-state index in [0.29, 0.717) is 0 Å². The van der Waals surface area contributed by atoms with Crippen LogP contribution in [-0.2, 0) is 21.5 Å². The summed E-state index contributed by atoms with van der Waals surface area (Å²) in [6.45, 7) is 2.91. The van der Waals surface area contributed by atoms with Crippen LogP contribution in [0, 0.1) is 5.82 Å². The standard InChI is InChI=1S/C27H26FNO3/c1-27(21-10-7-19(8-11-21)9-14-26(30)32-3)25-13-12-24(31-2)17-20(25)15-16-29(27)23-6-4-5-22(28)18-23/h4-14,17-18H,15-16H2,1-3H3/b14-9+. The molecule has 5 heteroatoms. The molecule has 1 unspecified atom stereocenters. The Kier molecular flexibility index (Phi) is 5.99. The van der Waals surface area contributed by atoms with E-state index in [4.69, 9.17) is 4.74 Å². The monoisotopic (exact) mass is 431 g/mol. The first-order valence-electron chi connectivity index (χ1n) is 10.5. The number of fused-ring (bicyclic) bond motifs is 1. The summed E-state index contributed by atoms with van der Waals surface area (Å²) < 4.78 is 24.2. The van der Waals surface area contributed by atoms with Gasteiger partial charge in [0.1, 0.15) is 11.6 Å². The smallest absolute Gasteiger partial charge is 0.330 e. The van der Waals surface area contributed by atoms with Crippen LogP contribution in [0.4, 0.5) is 10.1 Å². The number of hydrogen-bond acceptors (Lipinski definition) is 4. The number of hydrogen-bond donors (Lipinski definition) is 0. The van der Waals surface area contributed by atoms with E-state index in [1.54, 1.807) is 25.3 Å². The molecule has 0 spiro atoms. The van der Waals surface area contributed by atoms with Crippen LogP contribution < -0.4 is 9.64 Å². The Hall–Kier alpha value is -3.60. The molecule has 0 bridgehead atoms. The van der Waals surface area contributed by atoms with E-state index in [1.165, 1.54) is 24.8 Å². The summed E-state index contributed by atoms with van der Waals surface area (Å²) in [5, 5.41) is 0. The zero-order chi connectivity index (χ0) is 22.7. The van der Waals surface area contributed by atoms with E-state index >= 15 is 0 Å². The highest BCUT2D eigenvalue weighted by Crippen LogP contribution is 2.44. The highest BCUT2D eigenvalue weighted by Gasteiger charge is 2.40. The second kappa shape index (κ2) is 8.87. The summed E-state index contributed by atoms with van der Waals surface area (Å²) in [5.41, 5.74) is 4.66. The molecule has 1 heterocycles. The number of anilines is 1. The van der Waals surface area contributed by atoms with Gasteiger partial charge in [-0.25, -0.2) is 9.18 Å². The predicted molar refractivity (Wildman–Crippen MR) is 124 cm³/mol. The molecule has 4 rings (SSSR count). The highest BCUT2D eigenvalue weighted by atomic mass is 19.1. The fourth-order valence-corrected chi connectivity index (χ4v) is 4.47. The van der Waals surface area contributed by atoms with Gasteiger partial charge in [-0.3, -0.25) is 0 Å².